The first-order chi connectivity index (χ1) is 31.8. The van der Waals surface area contributed by atoms with Crippen LogP contribution in [0.2, 0.25) is 42.6 Å². The van der Waals surface area contributed by atoms with Gasteiger partial charge >= 0.3 is 27.1 Å². The molecule has 4 aliphatic rings. The van der Waals surface area contributed by atoms with E-state index in [4.69, 9.17) is 41.6 Å². The summed E-state index contributed by atoms with van der Waals surface area (Å²) in [6, 6.07) is 6.30. The summed E-state index contributed by atoms with van der Waals surface area (Å²) in [6.45, 7) is 49.2. The number of fused-ring (bicyclic) bond motifs is 1. The van der Waals surface area contributed by atoms with Crippen molar-refractivity contribution in [3.63, 3.8) is 0 Å². The predicted molar refractivity (Wildman–Crippen MR) is 285 cm³/mol. The second-order valence-electron chi connectivity index (χ2n) is 25.8. The van der Waals surface area contributed by atoms with Gasteiger partial charge < -0.3 is 41.6 Å². The molecule has 0 aliphatic carbocycles. The van der Waals surface area contributed by atoms with Gasteiger partial charge in [0, 0.05) is 12.8 Å². The molecule has 0 N–H and O–H groups in total. The lowest BCUT2D eigenvalue weighted by atomic mass is 9.49. The lowest BCUT2D eigenvalue weighted by Crippen LogP contribution is -2.44. The summed E-state index contributed by atoms with van der Waals surface area (Å²) in [7, 11) is -5.21. The lowest BCUT2D eigenvalue weighted by Gasteiger charge is -2.39. The van der Waals surface area contributed by atoms with Gasteiger partial charge in [-0.1, -0.05) is 58.7 Å². The Hall–Kier alpha value is -2.52. The Morgan fingerprint density at radius 2 is 0.873 bits per heavy atom. The van der Waals surface area contributed by atoms with Crippen LogP contribution in [0.1, 0.15) is 191 Å². The fourth-order valence-corrected chi connectivity index (χ4v) is 10.1. The highest BCUT2D eigenvalue weighted by molar-refractivity contribution is 7.11. The average Bonchev–Trinajstić information content (AvgIpc) is 3.73. The van der Waals surface area contributed by atoms with Crippen molar-refractivity contribution >= 4 is 67.1 Å². The number of hydrogen-bond donors (Lipinski definition) is 0. The Bertz CT molecular complexity index is 1960. The summed E-state index contributed by atoms with van der Waals surface area (Å²) in [5.41, 5.74) is -1.64. The molecule has 400 valence electrons. The quantitative estimate of drug-likeness (QED) is 0.113. The van der Waals surface area contributed by atoms with E-state index >= 15 is 0 Å². The molecule has 1 aromatic rings. The summed E-state index contributed by atoms with van der Waals surface area (Å²) in [6.07, 6.45) is 1.93. The van der Waals surface area contributed by atoms with E-state index in [2.05, 4.69) is 95.4 Å². The van der Waals surface area contributed by atoms with Crippen LogP contribution in [-0.2, 0) is 56.0 Å². The molecule has 15 nitrogen and oxygen atoms in total. The third-order valence-electron chi connectivity index (χ3n) is 16.0. The van der Waals surface area contributed by atoms with Crippen LogP contribution in [-0.4, -0.2) is 118 Å². The van der Waals surface area contributed by atoms with E-state index in [1.807, 2.05) is 55.4 Å². The van der Waals surface area contributed by atoms with Gasteiger partial charge in [-0.3, -0.25) is 19.2 Å². The van der Waals surface area contributed by atoms with Crippen molar-refractivity contribution in [2.45, 2.75) is 259 Å². The van der Waals surface area contributed by atoms with E-state index in [1.54, 1.807) is 19.1 Å². The molecule has 0 saturated carbocycles. The first-order valence-electron chi connectivity index (χ1n) is 25.4. The van der Waals surface area contributed by atoms with Gasteiger partial charge in [-0.05, 0) is 164 Å². The molecule has 2 amide bonds. The second kappa shape index (κ2) is 22.4. The van der Waals surface area contributed by atoms with Crippen molar-refractivity contribution in [2.75, 3.05) is 0 Å². The van der Waals surface area contributed by atoms with E-state index in [0.29, 0.717) is 11.5 Å². The Balaban J connectivity index is 0.000000289. The van der Waals surface area contributed by atoms with Crippen LogP contribution in [0, 0.1) is 0 Å². The fourth-order valence-electron chi connectivity index (χ4n) is 7.31. The molecular weight excluding hydrogens is 939 g/mol. The highest BCUT2D eigenvalue weighted by atomic mass is 28.4. The number of benzene rings is 1. The SMILES string of the molecule is CC(=O)CC(CCB1OC(C)(C)C(C)(C)O1)O[Si](C)(C)C(C)(C)C.CC(=O)CC(CCC(=O)ON1C(=O)c2ccccc2C1=O)O[Si](C)(C)C(C)(C)C.CC1(C)OB(B2OC(C)(C)C(C)(C)O2)OC1(C)C. The highest BCUT2D eigenvalue weighted by Gasteiger charge is 2.64. The van der Waals surface area contributed by atoms with E-state index in [1.165, 1.54) is 19.1 Å². The first-order valence-corrected chi connectivity index (χ1v) is 31.2. The third-order valence-corrected chi connectivity index (χ3v) is 25.0. The fraction of sp³-hybridized carbons (Fsp3) is 0.784. The monoisotopic (exact) mass is 1030 g/mol. The molecule has 0 aromatic heterocycles. The number of amides is 2. The summed E-state index contributed by atoms with van der Waals surface area (Å²) in [5.74, 6) is -1.88. The van der Waals surface area contributed by atoms with Crippen LogP contribution in [0.3, 0.4) is 0 Å². The zero-order valence-electron chi connectivity index (χ0n) is 48.1. The predicted octanol–water partition coefficient (Wildman–Crippen LogP) is 11.0. The molecule has 3 fully saturated rings. The molecule has 71 heavy (non-hydrogen) atoms. The van der Waals surface area contributed by atoms with Crippen LogP contribution in [0.15, 0.2) is 24.3 Å². The average molecular weight is 1030 g/mol. The molecule has 1 aromatic carbocycles. The van der Waals surface area contributed by atoms with Crippen molar-refractivity contribution in [2.24, 2.45) is 0 Å². The standard InChI is InChI=1S/C21H29NO6Si.C18H37BO4Si.C12H24B2O4/c1-14(23)13-15(28-29(5,6)21(2,3)4)11-12-18(24)27-22-19(25)16-9-7-8-10-17(16)20(22)26;1-14(20)13-15(21-24(9,10)16(2,3)4)11-12-19-22-17(5,6)18(7,8)23-19;1-9(2)10(3,4)16-13(15-9)14-17-11(5,6)12(7,8)18-14/h7-10,15H,11-13H2,1-6H3;15H,11-13H2,1-10H3;1-8H3. The number of rotatable bonds is 16. The summed E-state index contributed by atoms with van der Waals surface area (Å²) < 4.78 is 48.8. The molecule has 4 aliphatic heterocycles. The molecule has 5 rings (SSSR count). The van der Waals surface area contributed by atoms with Gasteiger partial charge in [-0.15, -0.1) is 0 Å². The Morgan fingerprint density at radius 3 is 1.18 bits per heavy atom. The van der Waals surface area contributed by atoms with Gasteiger partial charge in [-0.2, -0.15) is 0 Å². The molecule has 0 spiro atoms. The molecule has 2 unspecified atom stereocenters. The minimum absolute atomic E-state index is 0.0255. The number of carbonyl (C=O) groups excluding carboxylic acids is 5. The largest absolute Gasteiger partial charge is 0.488 e. The van der Waals surface area contributed by atoms with Crippen molar-refractivity contribution in [3.05, 3.63) is 35.4 Å². The van der Waals surface area contributed by atoms with E-state index in [-0.39, 0.29) is 98.9 Å². The highest BCUT2D eigenvalue weighted by Crippen LogP contribution is 2.44. The van der Waals surface area contributed by atoms with Crippen LogP contribution in [0.5, 0.6) is 0 Å². The number of Topliss-reactive ketones (excluding diaryl/α,β-unsaturated/α-hetero) is 2. The number of ketones is 2. The zero-order chi connectivity index (χ0) is 54.9. The number of imide groups is 1. The Morgan fingerprint density at radius 1 is 0.563 bits per heavy atom. The lowest BCUT2D eigenvalue weighted by molar-refractivity contribution is -0.169. The smallest absolute Gasteiger partial charge is 0.414 e. The maximum absolute atomic E-state index is 12.3. The van der Waals surface area contributed by atoms with Crippen LogP contribution >= 0.6 is 0 Å². The topological polar surface area (TPSA) is 172 Å². The van der Waals surface area contributed by atoms with Gasteiger partial charge in [-0.25, -0.2) is 4.79 Å². The minimum Gasteiger partial charge on any atom is -0.414 e. The molecule has 0 radical (unpaired) electrons. The normalized spacial score (nSPS) is 21.7. The van der Waals surface area contributed by atoms with Gasteiger partial charge in [0.25, 0.3) is 11.8 Å². The second-order valence-corrected chi connectivity index (χ2v) is 35.3. The van der Waals surface area contributed by atoms with Crippen molar-refractivity contribution in [1.29, 1.82) is 0 Å². The van der Waals surface area contributed by atoms with Crippen molar-refractivity contribution in [1.82, 2.24) is 5.06 Å². The van der Waals surface area contributed by atoms with Gasteiger partial charge in [0.15, 0.2) is 16.6 Å². The van der Waals surface area contributed by atoms with Crippen LogP contribution < -0.4 is 0 Å². The van der Waals surface area contributed by atoms with Gasteiger partial charge in [0.1, 0.15) is 11.6 Å². The van der Waals surface area contributed by atoms with E-state index < -0.39 is 54.5 Å². The molecule has 3 saturated heterocycles. The third kappa shape index (κ3) is 15.8. The Labute approximate surface area is 430 Å². The zero-order valence-corrected chi connectivity index (χ0v) is 50.1. The summed E-state index contributed by atoms with van der Waals surface area (Å²) in [5, 5.41) is 0.594. The summed E-state index contributed by atoms with van der Waals surface area (Å²) >= 11 is 0. The number of nitrogens with zero attached hydrogens (tertiary/aromatic N) is 1. The first kappa shape index (κ1) is 62.8. The van der Waals surface area contributed by atoms with Gasteiger partial charge in [0.05, 0.1) is 63.4 Å². The minimum atomic E-state index is -2.13. The van der Waals surface area contributed by atoms with Crippen molar-refractivity contribution in [3.8, 4) is 0 Å². The van der Waals surface area contributed by atoms with E-state index in [9.17, 15) is 24.0 Å². The molecule has 0 bridgehead atoms. The molecular formula is C51H90B3NO14Si2. The number of hydrogen-bond acceptors (Lipinski definition) is 14. The summed E-state index contributed by atoms with van der Waals surface area (Å²) in [4.78, 5) is 65.2. The van der Waals surface area contributed by atoms with Gasteiger partial charge in [0.2, 0.25) is 0 Å². The van der Waals surface area contributed by atoms with Crippen LogP contribution in [0.25, 0.3) is 0 Å². The number of hydroxylamine groups is 2. The number of carbonyl (C=O) groups is 5. The molecule has 4 heterocycles. The maximum Gasteiger partial charge on any atom is 0.488 e. The van der Waals surface area contributed by atoms with Crippen LogP contribution in [0.4, 0.5) is 0 Å². The Kier molecular flexibility index (Phi) is 19.8. The molecule has 2 atom stereocenters. The maximum atomic E-state index is 12.3. The van der Waals surface area contributed by atoms with Crippen molar-refractivity contribution < 1.29 is 65.6 Å². The van der Waals surface area contributed by atoms with E-state index in [0.717, 1.165) is 12.7 Å². The molecule has 20 heteroatoms.